The highest BCUT2D eigenvalue weighted by molar-refractivity contribution is 9.10. The van der Waals surface area contributed by atoms with Crippen LogP contribution in [-0.2, 0) is 9.59 Å². The highest BCUT2D eigenvalue weighted by Crippen LogP contribution is 2.34. The maximum Gasteiger partial charge on any atom is 0.329 e. The lowest BCUT2D eigenvalue weighted by Crippen LogP contribution is -2.43. The lowest BCUT2D eigenvalue weighted by Gasteiger charge is -2.16. The number of para-hydroxylation sites is 1. The zero-order valence-corrected chi connectivity index (χ0v) is 12.1. The molecule has 0 radical (unpaired) electrons. The standard InChI is InChI=1S/C12H14BrNO5/c1-7(15)14-9(12(16)17)6-19-11-8(13)4-3-5-10(11)18-2/h3-5,9H,6H2,1-2H3,(H,14,15)(H,16,17). The Labute approximate surface area is 118 Å². The summed E-state index contributed by atoms with van der Waals surface area (Å²) in [6.07, 6.45) is 0. The van der Waals surface area contributed by atoms with Crippen molar-refractivity contribution in [2.24, 2.45) is 0 Å². The van der Waals surface area contributed by atoms with Crippen LogP contribution < -0.4 is 14.8 Å². The van der Waals surface area contributed by atoms with Gasteiger partial charge in [-0.2, -0.15) is 0 Å². The Morgan fingerprint density at radius 1 is 1.47 bits per heavy atom. The molecule has 1 unspecified atom stereocenters. The number of ether oxygens (including phenoxy) is 2. The number of carbonyl (C=O) groups is 2. The molecule has 0 saturated carbocycles. The van der Waals surface area contributed by atoms with Crippen molar-refractivity contribution in [1.82, 2.24) is 5.32 Å². The Kier molecular flexibility index (Phi) is 5.62. The molecule has 0 heterocycles. The molecule has 1 rings (SSSR count). The zero-order valence-electron chi connectivity index (χ0n) is 10.5. The van der Waals surface area contributed by atoms with Gasteiger partial charge in [0.05, 0.1) is 11.6 Å². The maximum atomic E-state index is 11.0. The second-order valence-corrected chi connectivity index (χ2v) is 4.53. The first-order valence-electron chi connectivity index (χ1n) is 5.41. The summed E-state index contributed by atoms with van der Waals surface area (Å²) in [5.74, 6) is -0.737. The van der Waals surface area contributed by atoms with Crippen molar-refractivity contribution in [2.45, 2.75) is 13.0 Å². The van der Waals surface area contributed by atoms with Gasteiger partial charge < -0.3 is 19.9 Å². The van der Waals surface area contributed by atoms with E-state index >= 15 is 0 Å². The van der Waals surface area contributed by atoms with Crippen LogP contribution in [-0.4, -0.2) is 36.7 Å². The van der Waals surface area contributed by atoms with Crippen molar-refractivity contribution in [1.29, 1.82) is 0 Å². The van der Waals surface area contributed by atoms with Gasteiger partial charge in [0, 0.05) is 6.92 Å². The quantitative estimate of drug-likeness (QED) is 0.823. The highest BCUT2D eigenvalue weighted by atomic mass is 79.9. The van der Waals surface area contributed by atoms with Crippen LogP contribution in [0.4, 0.5) is 0 Å². The van der Waals surface area contributed by atoms with Gasteiger partial charge in [0.1, 0.15) is 6.61 Å². The van der Waals surface area contributed by atoms with E-state index in [1.165, 1.54) is 14.0 Å². The number of amides is 1. The molecular formula is C12H14BrNO5. The van der Waals surface area contributed by atoms with Gasteiger partial charge in [0.15, 0.2) is 17.5 Å². The van der Waals surface area contributed by atoms with Crippen LogP contribution in [0.15, 0.2) is 22.7 Å². The predicted octanol–water partition coefficient (Wildman–Crippen LogP) is 1.43. The SMILES string of the molecule is COc1cccc(Br)c1OCC(NC(C)=O)C(=O)O. The van der Waals surface area contributed by atoms with E-state index in [-0.39, 0.29) is 6.61 Å². The number of rotatable bonds is 6. The lowest BCUT2D eigenvalue weighted by atomic mass is 10.3. The van der Waals surface area contributed by atoms with Gasteiger partial charge in [-0.3, -0.25) is 4.79 Å². The topological polar surface area (TPSA) is 84.9 Å². The molecule has 104 valence electrons. The van der Waals surface area contributed by atoms with E-state index in [0.717, 1.165) is 0 Å². The average Bonchev–Trinajstić information content (AvgIpc) is 2.34. The van der Waals surface area contributed by atoms with Crippen molar-refractivity contribution >= 4 is 27.8 Å². The van der Waals surface area contributed by atoms with Gasteiger partial charge >= 0.3 is 5.97 Å². The van der Waals surface area contributed by atoms with Crippen molar-refractivity contribution in [2.75, 3.05) is 13.7 Å². The molecule has 0 spiro atoms. The summed E-state index contributed by atoms with van der Waals surface area (Å²) >= 11 is 3.29. The van der Waals surface area contributed by atoms with Crippen molar-refractivity contribution in [3.8, 4) is 11.5 Å². The van der Waals surface area contributed by atoms with Gasteiger partial charge in [-0.25, -0.2) is 4.79 Å². The predicted molar refractivity (Wildman–Crippen MR) is 71.4 cm³/mol. The first-order valence-corrected chi connectivity index (χ1v) is 6.20. The first kappa shape index (κ1) is 15.3. The van der Waals surface area contributed by atoms with Crippen LogP contribution in [0.3, 0.4) is 0 Å². The summed E-state index contributed by atoms with van der Waals surface area (Å²) in [5.41, 5.74) is 0. The molecule has 0 aliphatic carbocycles. The number of methoxy groups -OCH3 is 1. The monoisotopic (exact) mass is 331 g/mol. The van der Waals surface area contributed by atoms with Crippen molar-refractivity contribution < 1.29 is 24.2 Å². The minimum absolute atomic E-state index is 0.201. The fourth-order valence-corrected chi connectivity index (χ4v) is 1.84. The summed E-state index contributed by atoms with van der Waals surface area (Å²) in [5, 5.41) is 11.2. The third-order valence-corrected chi connectivity index (χ3v) is 2.85. The van der Waals surface area contributed by atoms with E-state index in [9.17, 15) is 9.59 Å². The molecule has 1 aromatic carbocycles. The molecule has 0 aliphatic heterocycles. The third kappa shape index (κ3) is 4.44. The van der Waals surface area contributed by atoms with E-state index in [4.69, 9.17) is 14.6 Å². The zero-order chi connectivity index (χ0) is 14.4. The van der Waals surface area contributed by atoms with Gasteiger partial charge in [0.2, 0.25) is 5.91 Å². The average molecular weight is 332 g/mol. The summed E-state index contributed by atoms with van der Waals surface area (Å²) in [6.45, 7) is 1.04. The van der Waals surface area contributed by atoms with E-state index in [1.54, 1.807) is 18.2 Å². The maximum absolute atomic E-state index is 11.0. The molecule has 7 heteroatoms. The van der Waals surface area contributed by atoms with Crippen molar-refractivity contribution in [3.63, 3.8) is 0 Å². The Morgan fingerprint density at radius 3 is 2.68 bits per heavy atom. The molecule has 0 fully saturated rings. The minimum Gasteiger partial charge on any atom is -0.493 e. The first-order chi connectivity index (χ1) is 8.95. The Hall–Kier alpha value is -1.76. The smallest absolute Gasteiger partial charge is 0.329 e. The van der Waals surface area contributed by atoms with Gasteiger partial charge in [-0.05, 0) is 28.1 Å². The third-order valence-electron chi connectivity index (χ3n) is 2.22. The van der Waals surface area contributed by atoms with Crippen LogP contribution in [0.25, 0.3) is 0 Å². The number of benzene rings is 1. The van der Waals surface area contributed by atoms with Crippen molar-refractivity contribution in [3.05, 3.63) is 22.7 Å². The second kappa shape index (κ2) is 6.98. The second-order valence-electron chi connectivity index (χ2n) is 3.67. The molecule has 0 saturated heterocycles. The molecule has 1 atom stereocenters. The fraction of sp³-hybridized carbons (Fsp3) is 0.333. The fourth-order valence-electron chi connectivity index (χ4n) is 1.38. The number of aliphatic carboxylic acids is 1. The van der Waals surface area contributed by atoms with Gasteiger partial charge in [-0.15, -0.1) is 0 Å². The molecule has 6 nitrogen and oxygen atoms in total. The number of hydrogen-bond acceptors (Lipinski definition) is 4. The minimum atomic E-state index is -1.17. The van der Waals surface area contributed by atoms with Crippen LogP contribution in [0.2, 0.25) is 0 Å². The number of carbonyl (C=O) groups excluding carboxylic acids is 1. The van der Waals surface area contributed by atoms with Crippen LogP contribution >= 0.6 is 15.9 Å². The van der Waals surface area contributed by atoms with Gasteiger partial charge in [0.25, 0.3) is 0 Å². The molecule has 19 heavy (non-hydrogen) atoms. The number of carboxylic acid groups (broad SMARTS) is 1. The summed E-state index contributed by atoms with van der Waals surface area (Å²) in [4.78, 5) is 21.9. The van der Waals surface area contributed by atoms with Crippen LogP contribution in [0, 0.1) is 0 Å². The van der Waals surface area contributed by atoms with Crippen LogP contribution in [0.5, 0.6) is 11.5 Å². The number of halogens is 1. The largest absolute Gasteiger partial charge is 0.493 e. The number of carboxylic acids is 1. The Balaban J connectivity index is 2.79. The van der Waals surface area contributed by atoms with Gasteiger partial charge in [-0.1, -0.05) is 6.07 Å². The molecule has 1 amide bonds. The van der Waals surface area contributed by atoms with E-state index in [2.05, 4.69) is 21.2 Å². The Morgan fingerprint density at radius 2 is 2.16 bits per heavy atom. The Bertz CT molecular complexity index is 477. The number of nitrogens with one attached hydrogen (secondary N) is 1. The van der Waals surface area contributed by atoms with E-state index < -0.39 is 17.9 Å². The molecule has 0 bridgehead atoms. The summed E-state index contributed by atoms with van der Waals surface area (Å²) in [7, 11) is 1.48. The molecular weight excluding hydrogens is 318 g/mol. The molecule has 2 N–H and O–H groups in total. The normalized spacial score (nSPS) is 11.5. The number of hydrogen-bond donors (Lipinski definition) is 2. The molecule has 0 aliphatic rings. The molecule has 0 aromatic heterocycles. The summed E-state index contributed by atoms with van der Waals surface area (Å²) < 4.78 is 11.2. The van der Waals surface area contributed by atoms with Crippen LogP contribution in [0.1, 0.15) is 6.92 Å². The van der Waals surface area contributed by atoms with E-state index in [0.29, 0.717) is 16.0 Å². The highest BCUT2D eigenvalue weighted by Gasteiger charge is 2.20. The molecule has 1 aromatic rings. The van der Waals surface area contributed by atoms with E-state index in [1.807, 2.05) is 0 Å². The lowest BCUT2D eigenvalue weighted by molar-refractivity contribution is -0.142. The summed E-state index contributed by atoms with van der Waals surface area (Å²) in [6, 6.07) is 4.08.